The van der Waals surface area contributed by atoms with Gasteiger partial charge >= 0.3 is 5.97 Å². The predicted molar refractivity (Wildman–Crippen MR) is 50.8 cm³/mol. The molecule has 0 amide bonds. The number of thiazole rings is 1. The second-order valence-electron chi connectivity index (χ2n) is 3.08. The van der Waals surface area contributed by atoms with E-state index in [0.717, 1.165) is 5.01 Å². The first-order valence-corrected chi connectivity index (χ1v) is 4.84. The monoisotopic (exact) mass is 200 g/mol. The summed E-state index contributed by atoms with van der Waals surface area (Å²) >= 11 is 1.45. The zero-order valence-corrected chi connectivity index (χ0v) is 8.34. The van der Waals surface area contributed by atoms with Gasteiger partial charge in [-0.15, -0.1) is 11.3 Å². The van der Waals surface area contributed by atoms with Gasteiger partial charge in [0, 0.05) is 11.3 Å². The van der Waals surface area contributed by atoms with Crippen LogP contribution in [0.5, 0.6) is 0 Å². The summed E-state index contributed by atoms with van der Waals surface area (Å²) in [5.41, 5.74) is 5.84. The third-order valence-electron chi connectivity index (χ3n) is 1.62. The molecule has 0 spiro atoms. The molecule has 13 heavy (non-hydrogen) atoms. The van der Waals surface area contributed by atoms with Gasteiger partial charge in [0.15, 0.2) is 0 Å². The van der Waals surface area contributed by atoms with Crippen LogP contribution in [0.15, 0.2) is 5.38 Å². The largest absolute Gasteiger partial charge is 0.480 e. The molecule has 0 fully saturated rings. The average Bonchev–Trinajstić information content (AvgIpc) is 2.50. The normalized spacial score (nSPS) is 13.2. The standard InChI is InChI=1S/C8H12N2O2S/c1-4(2)7-10-5(3-13-7)6(9)8(11)12/h3-4,6H,9H2,1-2H3,(H,11,12). The van der Waals surface area contributed by atoms with Crippen LogP contribution in [0.4, 0.5) is 0 Å². The van der Waals surface area contributed by atoms with E-state index in [2.05, 4.69) is 4.98 Å². The Morgan fingerprint density at radius 2 is 2.31 bits per heavy atom. The smallest absolute Gasteiger partial charge is 0.326 e. The molecule has 0 aliphatic heterocycles. The molecule has 0 radical (unpaired) electrons. The van der Waals surface area contributed by atoms with E-state index in [-0.39, 0.29) is 0 Å². The fraction of sp³-hybridized carbons (Fsp3) is 0.500. The van der Waals surface area contributed by atoms with E-state index in [0.29, 0.717) is 11.6 Å². The van der Waals surface area contributed by atoms with Gasteiger partial charge in [0.05, 0.1) is 10.7 Å². The van der Waals surface area contributed by atoms with Crippen molar-refractivity contribution in [1.82, 2.24) is 4.98 Å². The highest BCUT2D eigenvalue weighted by Gasteiger charge is 2.18. The summed E-state index contributed by atoms with van der Waals surface area (Å²) in [6.07, 6.45) is 0. The van der Waals surface area contributed by atoms with E-state index in [1.54, 1.807) is 5.38 Å². The van der Waals surface area contributed by atoms with Crippen LogP contribution in [0.1, 0.15) is 36.5 Å². The number of carboxylic acid groups (broad SMARTS) is 1. The second-order valence-corrected chi connectivity index (χ2v) is 3.97. The molecule has 0 aromatic carbocycles. The summed E-state index contributed by atoms with van der Waals surface area (Å²) in [4.78, 5) is 14.7. The Morgan fingerprint density at radius 3 is 2.69 bits per heavy atom. The van der Waals surface area contributed by atoms with E-state index in [4.69, 9.17) is 10.8 Å². The van der Waals surface area contributed by atoms with Crippen molar-refractivity contribution in [2.75, 3.05) is 0 Å². The first-order valence-electron chi connectivity index (χ1n) is 3.96. The van der Waals surface area contributed by atoms with Gasteiger partial charge in [0.2, 0.25) is 0 Å². The van der Waals surface area contributed by atoms with E-state index >= 15 is 0 Å². The number of carbonyl (C=O) groups is 1. The molecular weight excluding hydrogens is 188 g/mol. The van der Waals surface area contributed by atoms with Gasteiger partial charge in [0.1, 0.15) is 6.04 Å². The molecule has 1 aromatic rings. The summed E-state index contributed by atoms with van der Waals surface area (Å²) < 4.78 is 0. The van der Waals surface area contributed by atoms with Crippen LogP contribution in [-0.2, 0) is 4.79 Å². The summed E-state index contributed by atoms with van der Waals surface area (Å²) in [5.74, 6) is -0.722. The molecule has 0 aliphatic rings. The van der Waals surface area contributed by atoms with Crippen molar-refractivity contribution in [2.24, 2.45) is 5.73 Å². The van der Waals surface area contributed by atoms with Crippen LogP contribution in [0, 0.1) is 0 Å². The minimum Gasteiger partial charge on any atom is -0.480 e. The topological polar surface area (TPSA) is 76.2 Å². The molecule has 5 heteroatoms. The molecular formula is C8H12N2O2S. The fourth-order valence-corrected chi connectivity index (χ4v) is 1.71. The number of rotatable bonds is 3. The molecule has 0 saturated carbocycles. The average molecular weight is 200 g/mol. The van der Waals surface area contributed by atoms with E-state index in [1.807, 2.05) is 13.8 Å². The maximum atomic E-state index is 10.5. The summed E-state index contributed by atoms with van der Waals surface area (Å²) in [6.45, 7) is 4.02. The van der Waals surface area contributed by atoms with Crippen molar-refractivity contribution in [3.8, 4) is 0 Å². The summed E-state index contributed by atoms with van der Waals surface area (Å²) in [6, 6.07) is -0.997. The summed E-state index contributed by atoms with van der Waals surface area (Å²) in [7, 11) is 0. The van der Waals surface area contributed by atoms with Gasteiger partial charge in [-0.3, -0.25) is 4.79 Å². The Labute approximate surface area is 80.4 Å². The maximum absolute atomic E-state index is 10.5. The Kier molecular flexibility index (Phi) is 3.00. The van der Waals surface area contributed by atoms with Crippen molar-refractivity contribution in [3.63, 3.8) is 0 Å². The molecule has 1 rings (SSSR count). The number of nitrogens with two attached hydrogens (primary N) is 1. The van der Waals surface area contributed by atoms with E-state index in [1.165, 1.54) is 11.3 Å². The number of nitrogens with zero attached hydrogens (tertiary/aromatic N) is 1. The quantitative estimate of drug-likeness (QED) is 0.772. The van der Waals surface area contributed by atoms with E-state index in [9.17, 15) is 4.79 Å². The number of hydrogen-bond acceptors (Lipinski definition) is 4. The second kappa shape index (κ2) is 3.85. The van der Waals surface area contributed by atoms with Gasteiger partial charge in [-0.25, -0.2) is 4.98 Å². The van der Waals surface area contributed by atoms with Crippen LogP contribution in [0.3, 0.4) is 0 Å². The number of carboxylic acids is 1. The summed E-state index contributed by atoms with van der Waals surface area (Å²) in [5, 5.41) is 11.2. The predicted octanol–water partition coefficient (Wildman–Crippen LogP) is 1.35. The van der Waals surface area contributed by atoms with Gasteiger partial charge in [-0.05, 0) is 0 Å². The molecule has 0 bridgehead atoms. The van der Waals surface area contributed by atoms with Crippen molar-refractivity contribution in [1.29, 1.82) is 0 Å². The van der Waals surface area contributed by atoms with Crippen molar-refractivity contribution >= 4 is 17.3 Å². The van der Waals surface area contributed by atoms with Crippen LogP contribution in [-0.4, -0.2) is 16.1 Å². The highest BCUT2D eigenvalue weighted by molar-refractivity contribution is 7.09. The molecule has 1 unspecified atom stereocenters. The highest BCUT2D eigenvalue weighted by Crippen LogP contribution is 2.21. The Bertz CT molecular complexity index is 309. The van der Waals surface area contributed by atoms with Gasteiger partial charge in [-0.2, -0.15) is 0 Å². The first-order chi connectivity index (χ1) is 6.02. The third-order valence-corrected chi connectivity index (χ3v) is 2.78. The molecule has 4 nitrogen and oxygen atoms in total. The Hall–Kier alpha value is -0.940. The zero-order valence-electron chi connectivity index (χ0n) is 7.52. The van der Waals surface area contributed by atoms with Gasteiger partial charge in [-0.1, -0.05) is 13.8 Å². The SMILES string of the molecule is CC(C)c1nc(C(N)C(=O)O)cs1. The lowest BCUT2D eigenvalue weighted by molar-refractivity contribution is -0.138. The first kappa shape index (κ1) is 10.1. The van der Waals surface area contributed by atoms with Gasteiger partial charge < -0.3 is 10.8 Å². The van der Waals surface area contributed by atoms with Crippen molar-refractivity contribution in [2.45, 2.75) is 25.8 Å². The van der Waals surface area contributed by atoms with E-state index < -0.39 is 12.0 Å². The van der Waals surface area contributed by atoms with Crippen LogP contribution >= 0.6 is 11.3 Å². The highest BCUT2D eigenvalue weighted by atomic mass is 32.1. The van der Waals surface area contributed by atoms with Crippen molar-refractivity contribution in [3.05, 3.63) is 16.1 Å². The molecule has 1 heterocycles. The number of aromatic nitrogens is 1. The minimum absolute atomic E-state index is 0.319. The third kappa shape index (κ3) is 2.26. The number of hydrogen-bond donors (Lipinski definition) is 2. The number of aliphatic carboxylic acids is 1. The minimum atomic E-state index is -1.04. The lowest BCUT2D eigenvalue weighted by atomic mass is 10.2. The van der Waals surface area contributed by atoms with Crippen molar-refractivity contribution < 1.29 is 9.90 Å². The Morgan fingerprint density at radius 1 is 1.69 bits per heavy atom. The molecule has 3 N–H and O–H groups in total. The molecule has 0 saturated heterocycles. The molecule has 72 valence electrons. The van der Waals surface area contributed by atoms with Crippen LogP contribution in [0.25, 0.3) is 0 Å². The van der Waals surface area contributed by atoms with Crippen LogP contribution < -0.4 is 5.73 Å². The van der Waals surface area contributed by atoms with Gasteiger partial charge in [0.25, 0.3) is 0 Å². The Balaban J connectivity index is 2.85. The fourth-order valence-electron chi connectivity index (χ4n) is 0.835. The maximum Gasteiger partial charge on any atom is 0.326 e. The zero-order chi connectivity index (χ0) is 10.0. The molecule has 1 aromatic heterocycles. The molecule has 0 aliphatic carbocycles. The lowest BCUT2D eigenvalue weighted by Crippen LogP contribution is -2.20. The lowest BCUT2D eigenvalue weighted by Gasteiger charge is -2.01. The van der Waals surface area contributed by atoms with Crippen LogP contribution in [0.2, 0.25) is 0 Å². The molecule has 1 atom stereocenters.